The Kier molecular flexibility index (Phi) is 6.18. The number of sulfonamides is 1. The number of carbonyl (C=O) groups is 2. The minimum absolute atomic E-state index is 0.118. The standard InChI is InChI=1S/C17H24N2O5S/c1-4-19(5-2)25(22,23)15-10-6-13(7-11-15)17(21)24-12(3)16(20)18-14-8-9-14/h6-7,10-12,14H,4-5,8-9H2,1-3H3,(H,18,20)/t12-/m1/s1. The third-order valence-electron chi connectivity index (χ3n) is 4.01. The largest absolute Gasteiger partial charge is 0.449 e. The van der Waals surface area contributed by atoms with Gasteiger partial charge < -0.3 is 10.1 Å². The predicted molar refractivity (Wildman–Crippen MR) is 92.6 cm³/mol. The average molecular weight is 368 g/mol. The molecule has 0 unspecified atom stereocenters. The first kappa shape index (κ1) is 19.4. The van der Waals surface area contributed by atoms with Crippen molar-refractivity contribution in [2.24, 2.45) is 0 Å². The summed E-state index contributed by atoms with van der Waals surface area (Å²) in [6.07, 6.45) is 1.01. The fourth-order valence-corrected chi connectivity index (χ4v) is 3.76. The molecule has 0 bridgehead atoms. The van der Waals surface area contributed by atoms with Crippen molar-refractivity contribution in [1.82, 2.24) is 9.62 Å². The van der Waals surface area contributed by atoms with Gasteiger partial charge in [0.15, 0.2) is 6.10 Å². The van der Waals surface area contributed by atoms with E-state index in [2.05, 4.69) is 5.32 Å². The molecule has 1 aromatic carbocycles. The quantitative estimate of drug-likeness (QED) is 0.703. The third-order valence-corrected chi connectivity index (χ3v) is 6.07. The number of carbonyl (C=O) groups excluding carboxylic acids is 2. The maximum absolute atomic E-state index is 12.4. The molecule has 1 amide bonds. The van der Waals surface area contributed by atoms with Crippen molar-refractivity contribution in [3.8, 4) is 0 Å². The summed E-state index contributed by atoms with van der Waals surface area (Å²) in [7, 11) is -3.57. The molecule has 8 heteroatoms. The summed E-state index contributed by atoms with van der Waals surface area (Å²) >= 11 is 0. The summed E-state index contributed by atoms with van der Waals surface area (Å²) in [4.78, 5) is 24.0. The van der Waals surface area contributed by atoms with Gasteiger partial charge in [-0.05, 0) is 44.0 Å². The number of ether oxygens (including phenoxy) is 1. The number of esters is 1. The Hall–Kier alpha value is -1.93. The van der Waals surface area contributed by atoms with Gasteiger partial charge in [-0.15, -0.1) is 0 Å². The van der Waals surface area contributed by atoms with Crippen molar-refractivity contribution in [1.29, 1.82) is 0 Å². The van der Waals surface area contributed by atoms with E-state index in [1.807, 2.05) is 0 Å². The fourth-order valence-electron chi connectivity index (χ4n) is 2.30. The summed E-state index contributed by atoms with van der Waals surface area (Å²) in [5.41, 5.74) is 0.199. The molecule has 1 saturated carbocycles. The lowest BCUT2D eigenvalue weighted by Gasteiger charge is -2.18. The molecule has 0 aliphatic heterocycles. The van der Waals surface area contributed by atoms with Gasteiger partial charge in [-0.1, -0.05) is 13.8 Å². The minimum atomic E-state index is -3.57. The molecule has 25 heavy (non-hydrogen) atoms. The van der Waals surface area contributed by atoms with Crippen molar-refractivity contribution < 1.29 is 22.7 Å². The van der Waals surface area contributed by atoms with E-state index in [9.17, 15) is 18.0 Å². The van der Waals surface area contributed by atoms with Crippen molar-refractivity contribution in [3.05, 3.63) is 29.8 Å². The maximum Gasteiger partial charge on any atom is 0.338 e. The first-order valence-electron chi connectivity index (χ1n) is 8.41. The molecule has 7 nitrogen and oxygen atoms in total. The van der Waals surface area contributed by atoms with E-state index in [1.54, 1.807) is 13.8 Å². The zero-order valence-corrected chi connectivity index (χ0v) is 15.5. The van der Waals surface area contributed by atoms with E-state index < -0.39 is 22.1 Å². The highest BCUT2D eigenvalue weighted by molar-refractivity contribution is 7.89. The molecule has 1 aliphatic carbocycles. The molecule has 1 aromatic rings. The van der Waals surface area contributed by atoms with Gasteiger partial charge in [-0.25, -0.2) is 13.2 Å². The molecule has 2 rings (SSSR count). The van der Waals surface area contributed by atoms with E-state index in [-0.39, 0.29) is 22.4 Å². The van der Waals surface area contributed by atoms with Crippen LogP contribution in [-0.2, 0) is 19.6 Å². The Morgan fingerprint density at radius 3 is 2.24 bits per heavy atom. The summed E-state index contributed by atoms with van der Waals surface area (Å²) in [5.74, 6) is -0.984. The summed E-state index contributed by atoms with van der Waals surface area (Å²) in [5, 5.41) is 2.76. The second kappa shape index (κ2) is 7.97. The highest BCUT2D eigenvalue weighted by Crippen LogP contribution is 2.19. The van der Waals surface area contributed by atoms with E-state index in [4.69, 9.17) is 4.74 Å². The summed E-state index contributed by atoms with van der Waals surface area (Å²) in [6.45, 7) is 5.78. The van der Waals surface area contributed by atoms with E-state index in [0.717, 1.165) is 12.8 Å². The number of nitrogens with zero attached hydrogens (tertiary/aromatic N) is 1. The zero-order chi connectivity index (χ0) is 18.6. The molecule has 1 atom stereocenters. The van der Waals surface area contributed by atoms with Crippen LogP contribution in [0.4, 0.5) is 0 Å². The van der Waals surface area contributed by atoms with Gasteiger partial charge in [0.05, 0.1) is 10.5 Å². The van der Waals surface area contributed by atoms with Crippen molar-refractivity contribution in [3.63, 3.8) is 0 Å². The molecule has 1 aliphatic rings. The van der Waals surface area contributed by atoms with Crippen molar-refractivity contribution in [2.75, 3.05) is 13.1 Å². The smallest absolute Gasteiger partial charge is 0.338 e. The van der Waals surface area contributed by atoms with E-state index >= 15 is 0 Å². The molecule has 0 aromatic heterocycles. The monoisotopic (exact) mass is 368 g/mol. The maximum atomic E-state index is 12.4. The molecule has 0 radical (unpaired) electrons. The lowest BCUT2D eigenvalue weighted by Crippen LogP contribution is -2.37. The van der Waals surface area contributed by atoms with Crippen molar-refractivity contribution in [2.45, 2.75) is 50.7 Å². The summed E-state index contributed by atoms with van der Waals surface area (Å²) < 4.78 is 31.3. The number of hydrogen-bond acceptors (Lipinski definition) is 5. The van der Waals surface area contributed by atoms with Crippen LogP contribution in [0.3, 0.4) is 0 Å². The highest BCUT2D eigenvalue weighted by atomic mass is 32.2. The van der Waals surface area contributed by atoms with Crippen LogP contribution in [0, 0.1) is 0 Å². The van der Waals surface area contributed by atoms with Crippen LogP contribution in [0.25, 0.3) is 0 Å². The molecule has 0 saturated heterocycles. The number of nitrogens with one attached hydrogen (secondary N) is 1. The second-order valence-corrected chi connectivity index (χ2v) is 7.88. The molecular formula is C17H24N2O5S. The minimum Gasteiger partial charge on any atom is -0.449 e. The Labute approximate surface area is 148 Å². The lowest BCUT2D eigenvalue weighted by molar-refractivity contribution is -0.129. The second-order valence-electron chi connectivity index (χ2n) is 5.94. The number of hydrogen-bond donors (Lipinski definition) is 1. The topological polar surface area (TPSA) is 92.8 Å². The predicted octanol–water partition coefficient (Wildman–Crippen LogP) is 1.54. The van der Waals surface area contributed by atoms with Gasteiger partial charge in [0, 0.05) is 19.1 Å². The molecule has 1 fully saturated rings. The van der Waals surface area contributed by atoms with Crippen LogP contribution >= 0.6 is 0 Å². The molecule has 0 spiro atoms. The first-order valence-corrected chi connectivity index (χ1v) is 9.85. The Morgan fingerprint density at radius 1 is 1.20 bits per heavy atom. The van der Waals surface area contributed by atoms with Gasteiger partial charge in [-0.3, -0.25) is 4.79 Å². The van der Waals surface area contributed by atoms with Gasteiger partial charge in [0.1, 0.15) is 0 Å². The van der Waals surface area contributed by atoms with Crippen LogP contribution < -0.4 is 5.32 Å². The Balaban J connectivity index is 2.03. The zero-order valence-electron chi connectivity index (χ0n) is 14.7. The number of rotatable bonds is 8. The van der Waals surface area contributed by atoms with Gasteiger partial charge in [0.2, 0.25) is 10.0 Å². The Morgan fingerprint density at radius 2 is 1.76 bits per heavy atom. The molecule has 138 valence electrons. The average Bonchev–Trinajstić information content (AvgIpc) is 3.39. The Bertz CT molecular complexity index is 722. The highest BCUT2D eigenvalue weighted by Gasteiger charge is 2.27. The van der Waals surface area contributed by atoms with Gasteiger partial charge in [-0.2, -0.15) is 4.31 Å². The van der Waals surface area contributed by atoms with Gasteiger partial charge >= 0.3 is 5.97 Å². The van der Waals surface area contributed by atoms with Crippen LogP contribution in [0.2, 0.25) is 0 Å². The number of amides is 1. The number of benzene rings is 1. The van der Waals surface area contributed by atoms with Gasteiger partial charge in [0.25, 0.3) is 5.91 Å². The molecule has 0 heterocycles. The van der Waals surface area contributed by atoms with Crippen LogP contribution in [-0.4, -0.2) is 49.8 Å². The normalized spacial score (nSPS) is 15.7. The lowest BCUT2D eigenvalue weighted by atomic mass is 10.2. The van der Waals surface area contributed by atoms with Crippen LogP contribution in [0.15, 0.2) is 29.2 Å². The van der Waals surface area contributed by atoms with Crippen LogP contribution in [0.5, 0.6) is 0 Å². The molecular weight excluding hydrogens is 344 g/mol. The first-order chi connectivity index (χ1) is 11.8. The van der Waals surface area contributed by atoms with E-state index in [1.165, 1.54) is 35.5 Å². The molecule has 1 N–H and O–H groups in total. The van der Waals surface area contributed by atoms with E-state index in [0.29, 0.717) is 13.1 Å². The van der Waals surface area contributed by atoms with Crippen molar-refractivity contribution >= 4 is 21.9 Å². The summed E-state index contributed by atoms with van der Waals surface area (Å²) in [6, 6.07) is 5.73. The SMILES string of the molecule is CCN(CC)S(=O)(=O)c1ccc(C(=O)O[C@H](C)C(=O)NC2CC2)cc1. The van der Waals surface area contributed by atoms with Crippen LogP contribution in [0.1, 0.15) is 44.0 Å². The fraction of sp³-hybridized carbons (Fsp3) is 0.529. The third kappa shape index (κ3) is 4.79.